The van der Waals surface area contributed by atoms with E-state index in [0.29, 0.717) is 0 Å². The average molecular weight is 718 g/mol. The highest BCUT2D eigenvalue weighted by Gasteiger charge is 2.30. The van der Waals surface area contributed by atoms with Crippen molar-refractivity contribution in [2.24, 2.45) is 5.73 Å². The van der Waals surface area contributed by atoms with Gasteiger partial charge in [-0.2, -0.15) is 12.6 Å². The first-order valence-corrected chi connectivity index (χ1v) is 17.5. The Labute approximate surface area is 310 Å². The number of hydrogen-bond donors (Lipinski definition) is 6. The smallest absolute Gasteiger partial charge is 0.335 e. The van der Waals surface area contributed by atoms with E-state index in [2.05, 4.69) is 28.6 Å². The minimum atomic E-state index is -1.06. The van der Waals surface area contributed by atoms with Gasteiger partial charge in [0.05, 0.1) is 10.8 Å². The van der Waals surface area contributed by atoms with Crippen molar-refractivity contribution in [2.45, 2.75) is 49.2 Å². The molecule has 5 aromatic carbocycles. The van der Waals surface area contributed by atoms with Gasteiger partial charge >= 0.3 is 5.97 Å². The molecule has 268 valence electrons. The van der Waals surface area contributed by atoms with E-state index in [1.165, 1.54) is 12.1 Å². The number of rotatable bonds is 16. The predicted molar refractivity (Wildman–Crippen MR) is 208 cm³/mol. The Morgan fingerprint density at radius 3 is 1.58 bits per heavy atom. The molecule has 5 aromatic rings. The van der Waals surface area contributed by atoms with Crippen LogP contribution >= 0.6 is 12.6 Å². The van der Waals surface area contributed by atoms with Gasteiger partial charge in [-0.15, -0.1) is 0 Å². The molecule has 4 atom stereocenters. The minimum Gasteiger partial charge on any atom is -0.478 e. The predicted octanol–water partition coefficient (Wildman–Crippen LogP) is 5.24. The summed E-state index contributed by atoms with van der Waals surface area (Å²) in [6.07, 6.45) is 0.628. The SMILES string of the molecule is N[C@@H](Cc1ccc(C(=O)O)cc1)[C@H](S)C(=O)NC(Cc1ccc(-c2ccccc2)cc1)C(=O)NC(Cc1ccccc1)C(=O)NCc1ccccc1.[2HH]. The second-order valence-corrected chi connectivity index (χ2v) is 13.2. The number of carbonyl (C=O) groups is 4. The van der Waals surface area contributed by atoms with Gasteiger partial charge in [0.15, 0.2) is 0 Å². The Balaban J connectivity index is 0.00000627. The van der Waals surface area contributed by atoms with Gasteiger partial charge < -0.3 is 26.8 Å². The molecule has 2 unspecified atom stereocenters. The number of carboxylic acid groups (broad SMARTS) is 1. The number of benzene rings is 5. The lowest BCUT2D eigenvalue weighted by Gasteiger charge is -2.26. The topological polar surface area (TPSA) is 151 Å². The van der Waals surface area contributed by atoms with E-state index in [4.69, 9.17) is 5.73 Å². The van der Waals surface area contributed by atoms with Crippen molar-refractivity contribution in [2.75, 3.05) is 0 Å². The van der Waals surface area contributed by atoms with Crippen molar-refractivity contribution in [1.29, 1.82) is 0 Å². The van der Waals surface area contributed by atoms with Crippen LogP contribution in [0.4, 0.5) is 0 Å². The number of nitrogens with one attached hydrogen (secondary N) is 3. The number of carboxylic acids is 1. The highest BCUT2D eigenvalue weighted by molar-refractivity contribution is 7.81. The molecule has 10 heteroatoms. The van der Waals surface area contributed by atoms with E-state index < -0.39 is 41.2 Å². The number of amides is 3. The van der Waals surface area contributed by atoms with Crippen molar-refractivity contribution in [3.05, 3.63) is 167 Å². The lowest BCUT2D eigenvalue weighted by atomic mass is 9.98. The zero-order valence-electron chi connectivity index (χ0n) is 28.5. The van der Waals surface area contributed by atoms with Crippen LogP contribution < -0.4 is 21.7 Å². The van der Waals surface area contributed by atoms with Crippen LogP contribution in [0.3, 0.4) is 0 Å². The molecular formula is C42H44N4O5S. The molecule has 0 radical (unpaired) electrons. The largest absolute Gasteiger partial charge is 0.478 e. The Kier molecular flexibility index (Phi) is 13.4. The molecule has 0 saturated carbocycles. The summed E-state index contributed by atoms with van der Waals surface area (Å²) in [5.74, 6) is -2.48. The molecule has 6 N–H and O–H groups in total. The third kappa shape index (κ3) is 10.9. The van der Waals surface area contributed by atoms with Crippen LogP contribution in [0.5, 0.6) is 0 Å². The second-order valence-electron chi connectivity index (χ2n) is 12.6. The molecular weight excluding hydrogens is 673 g/mol. The minimum absolute atomic E-state index is 0. The van der Waals surface area contributed by atoms with Gasteiger partial charge in [-0.05, 0) is 51.9 Å². The molecule has 0 aromatic heterocycles. The lowest BCUT2D eigenvalue weighted by molar-refractivity contribution is -0.132. The Morgan fingerprint density at radius 1 is 0.558 bits per heavy atom. The molecule has 9 nitrogen and oxygen atoms in total. The highest BCUT2D eigenvalue weighted by Crippen LogP contribution is 2.20. The van der Waals surface area contributed by atoms with Gasteiger partial charge in [0.25, 0.3) is 0 Å². The Hall–Kier alpha value is -5.71. The summed E-state index contributed by atoms with van der Waals surface area (Å²) in [5.41, 5.74) is 11.9. The fraction of sp³-hybridized carbons (Fsp3) is 0.190. The number of aromatic carboxylic acids is 1. The molecule has 0 spiro atoms. The van der Waals surface area contributed by atoms with Crippen molar-refractivity contribution < 1.29 is 25.7 Å². The summed E-state index contributed by atoms with van der Waals surface area (Å²) >= 11 is 4.53. The van der Waals surface area contributed by atoms with Crippen molar-refractivity contribution in [1.82, 2.24) is 16.0 Å². The van der Waals surface area contributed by atoms with Gasteiger partial charge in [-0.1, -0.05) is 127 Å². The third-order valence-corrected chi connectivity index (χ3v) is 9.32. The molecule has 0 aliphatic carbocycles. The fourth-order valence-corrected chi connectivity index (χ4v) is 5.95. The van der Waals surface area contributed by atoms with Crippen LogP contribution in [0.25, 0.3) is 11.1 Å². The van der Waals surface area contributed by atoms with Crippen molar-refractivity contribution in [3.63, 3.8) is 0 Å². The molecule has 5 rings (SSSR count). The molecule has 3 amide bonds. The maximum absolute atomic E-state index is 14.1. The second kappa shape index (κ2) is 18.5. The van der Waals surface area contributed by atoms with Crippen molar-refractivity contribution >= 4 is 36.3 Å². The third-order valence-electron chi connectivity index (χ3n) is 8.71. The van der Waals surface area contributed by atoms with Gasteiger partial charge in [-0.25, -0.2) is 4.79 Å². The number of nitrogens with two attached hydrogens (primary N) is 1. The molecule has 0 fully saturated rings. The summed E-state index contributed by atoms with van der Waals surface area (Å²) in [7, 11) is 0. The highest BCUT2D eigenvalue weighted by atomic mass is 32.1. The van der Waals surface area contributed by atoms with Gasteiger partial charge in [0.1, 0.15) is 12.1 Å². The maximum Gasteiger partial charge on any atom is 0.335 e. The quantitative estimate of drug-likeness (QED) is 0.0770. The van der Waals surface area contributed by atoms with E-state index >= 15 is 0 Å². The first kappa shape index (κ1) is 37.5. The lowest BCUT2D eigenvalue weighted by Crippen LogP contribution is -2.57. The summed E-state index contributed by atoms with van der Waals surface area (Å²) < 4.78 is 0. The van der Waals surface area contributed by atoms with E-state index in [-0.39, 0.29) is 38.7 Å². The summed E-state index contributed by atoms with van der Waals surface area (Å²) in [6, 6.07) is 40.0. The zero-order valence-corrected chi connectivity index (χ0v) is 29.4. The van der Waals surface area contributed by atoms with Gasteiger partial charge in [0, 0.05) is 26.9 Å². The number of thiol groups is 1. The average Bonchev–Trinajstić information content (AvgIpc) is 3.17. The van der Waals surface area contributed by atoms with Crippen molar-refractivity contribution in [3.8, 4) is 11.1 Å². The first-order valence-electron chi connectivity index (χ1n) is 17.0. The Morgan fingerprint density at radius 2 is 1.00 bits per heavy atom. The van der Waals surface area contributed by atoms with Gasteiger partial charge in [0.2, 0.25) is 17.7 Å². The van der Waals surface area contributed by atoms with Crippen LogP contribution in [-0.4, -0.2) is 52.2 Å². The maximum atomic E-state index is 14.1. The van der Waals surface area contributed by atoms with E-state index in [0.717, 1.165) is 33.4 Å². The summed E-state index contributed by atoms with van der Waals surface area (Å²) in [6.45, 7) is 0.285. The van der Waals surface area contributed by atoms with E-state index in [1.54, 1.807) is 12.1 Å². The van der Waals surface area contributed by atoms with E-state index in [9.17, 15) is 24.3 Å². The standard InChI is InChI=1S/C42H42N4O5S.H2/c43-35(24-29-18-22-34(23-19-29)42(50)51)38(52)41(49)46-37(26-30-16-20-33(21-17-30)32-14-8-3-9-15-32)40(48)45-36(25-28-10-4-1-5-11-28)39(47)44-27-31-12-6-2-7-13-31;/h1-23,35-38,52H,24-27,43H2,(H,44,47)(H,45,48)(H,46,49)(H,50,51);1H/t35-,36?,37?,38-;/m0./s1/i;1+1. The van der Waals surface area contributed by atoms with Crippen LogP contribution in [0.2, 0.25) is 0 Å². The molecule has 0 bridgehead atoms. The molecule has 52 heavy (non-hydrogen) atoms. The monoisotopic (exact) mass is 717 g/mol. The number of hydrogen-bond acceptors (Lipinski definition) is 6. The van der Waals surface area contributed by atoms with Crippen LogP contribution in [0.1, 0.15) is 34.0 Å². The van der Waals surface area contributed by atoms with Crippen LogP contribution in [0.15, 0.2) is 140 Å². The Bertz CT molecular complexity index is 1930. The zero-order chi connectivity index (χ0) is 36.9. The summed E-state index contributed by atoms with van der Waals surface area (Å²) in [4.78, 5) is 52.6. The number of carbonyl (C=O) groups excluding carboxylic acids is 3. The van der Waals surface area contributed by atoms with Gasteiger partial charge in [-0.3, -0.25) is 14.4 Å². The first-order chi connectivity index (χ1) is 25.2. The molecule has 0 heterocycles. The van der Waals surface area contributed by atoms with Crippen LogP contribution in [-0.2, 0) is 40.2 Å². The summed E-state index contributed by atoms with van der Waals surface area (Å²) in [5, 5.41) is 16.9. The van der Waals surface area contributed by atoms with E-state index in [1.807, 2.05) is 115 Å². The molecule has 0 aliphatic heterocycles. The molecule has 0 aliphatic rings. The normalized spacial score (nSPS) is 13.2. The fourth-order valence-electron chi connectivity index (χ4n) is 5.77. The molecule has 0 saturated heterocycles. The van der Waals surface area contributed by atoms with Crippen LogP contribution in [0, 0.1) is 0 Å².